The van der Waals surface area contributed by atoms with Crippen molar-refractivity contribution in [3.8, 4) is 0 Å². The van der Waals surface area contributed by atoms with Gasteiger partial charge in [-0.05, 0) is 47.2 Å². The fourth-order valence-corrected chi connectivity index (χ4v) is 9.17. The maximum absolute atomic E-state index is 7.04. The maximum Gasteiger partial charge on any atom is 0.190 e. The van der Waals surface area contributed by atoms with Gasteiger partial charge in [-0.3, -0.25) is 0 Å². The Morgan fingerprint density at radius 1 is 0.559 bits per heavy atom. The van der Waals surface area contributed by atoms with E-state index in [2.05, 4.69) is 22.4 Å². The quantitative estimate of drug-likeness (QED) is 0.106. The second-order valence-corrected chi connectivity index (χ2v) is 18.1. The predicted octanol–water partition coefficient (Wildman–Crippen LogP) is 7.70. The molecule has 0 N–H and O–H groups in total. The van der Waals surface area contributed by atoms with E-state index >= 15 is 0 Å². The zero-order chi connectivity index (χ0) is 46.1. The molecule has 356 valence electrons. The van der Waals surface area contributed by atoms with Gasteiger partial charge in [0.05, 0.1) is 65.6 Å². The maximum atomic E-state index is 7.04. The van der Waals surface area contributed by atoms with Gasteiger partial charge in [0.2, 0.25) is 0 Å². The molecule has 4 aliphatic rings. The van der Waals surface area contributed by atoms with Crippen LogP contribution in [0.15, 0.2) is 152 Å². The third kappa shape index (κ3) is 11.8. The van der Waals surface area contributed by atoms with E-state index in [9.17, 15) is 0 Å². The van der Waals surface area contributed by atoms with Crippen molar-refractivity contribution in [3.05, 3.63) is 191 Å². The summed E-state index contributed by atoms with van der Waals surface area (Å²) in [5.74, 6) is -0.873. The molecule has 0 saturated carbocycles. The minimum absolute atomic E-state index is 0.0115. The van der Waals surface area contributed by atoms with E-state index in [1.807, 2.05) is 154 Å². The first-order chi connectivity index (χ1) is 33.4. The standard InChI is InChI=1S/C54H59N3O11/c1-54(2)67-51-49(62-32-40-22-13-6-14-23-40)47(66-53(51)68-54)44-36-64-52-50(63-34-43-28-57(56-55-43)27-41-24-15-25-42(26-41)33-59-44)48(61-31-39-20-11-5-12-21-39)46(60-30-38-18-9-4-10-19-38)45(65-52)35-58-29-37-16-7-3-8-17-37/h3-26,28,44-53H,27,29-36H2,1-2H3/t44-,45-,46-,47-,48+,49+,50-,51-,52-,53-/m1/s1. The van der Waals surface area contributed by atoms with Gasteiger partial charge in [-0.1, -0.05) is 151 Å². The van der Waals surface area contributed by atoms with E-state index in [0.717, 1.165) is 33.4 Å². The lowest BCUT2D eigenvalue weighted by atomic mass is 9.97. The molecular formula is C54H59N3O11. The normalized spacial score (nSPS) is 28.1. The van der Waals surface area contributed by atoms with Crippen LogP contribution < -0.4 is 0 Å². The summed E-state index contributed by atoms with van der Waals surface area (Å²) >= 11 is 0. The predicted molar refractivity (Wildman–Crippen MR) is 247 cm³/mol. The monoisotopic (exact) mass is 925 g/mol. The Hall–Kier alpha value is -5.20. The highest BCUT2D eigenvalue weighted by molar-refractivity contribution is 5.24. The summed E-state index contributed by atoms with van der Waals surface area (Å²) < 4.78 is 76.2. The van der Waals surface area contributed by atoms with Crippen LogP contribution in [0.5, 0.6) is 0 Å². The highest BCUT2D eigenvalue weighted by atomic mass is 16.8. The average molecular weight is 926 g/mol. The molecule has 4 aliphatic heterocycles. The number of aromatic nitrogens is 3. The highest BCUT2D eigenvalue weighted by Gasteiger charge is 2.58. The van der Waals surface area contributed by atoms with Crippen LogP contribution in [-0.2, 0) is 98.3 Å². The third-order valence-corrected chi connectivity index (χ3v) is 12.5. The van der Waals surface area contributed by atoms with Crippen molar-refractivity contribution in [1.82, 2.24) is 15.0 Å². The van der Waals surface area contributed by atoms with Gasteiger partial charge in [-0.2, -0.15) is 0 Å². The second-order valence-electron chi connectivity index (χ2n) is 18.1. The Kier molecular flexibility index (Phi) is 15.1. The molecular weight excluding hydrogens is 867 g/mol. The molecule has 14 nitrogen and oxygen atoms in total. The summed E-state index contributed by atoms with van der Waals surface area (Å²) in [6, 6.07) is 48.4. The molecule has 4 bridgehead atoms. The minimum Gasteiger partial charge on any atom is -0.374 e. The summed E-state index contributed by atoms with van der Waals surface area (Å²) in [5.41, 5.74) is 6.67. The van der Waals surface area contributed by atoms with E-state index in [0.29, 0.717) is 32.1 Å². The Bertz CT molecular complexity index is 2460. The van der Waals surface area contributed by atoms with Gasteiger partial charge in [0.1, 0.15) is 54.5 Å². The van der Waals surface area contributed by atoms with Crippen LogP contribution in [0.3, 0.4) is 0 Å². The highest BCUT2D eigenvalue weighted by Crippen LogP contribution is 2.41. The third-order valence-electron chi connectivity index (χ3n) is 12.5. The molecule has 1 aromatic heterocycles. The van der Waals surface area contributed by atoms with Gasteiger partial charge >= 0.3 is 0 Å². The van der Waals surface area contributed by atoms with Crippen molar-refractivity contribution in [3.63, 3.8) is 0 Å². The number of ether oxygens (including phenoxy) is 11. The van der Waals surface area contributed by atoms with Crippen molar-refractivity contribution in [2.24, 2.45) is 0 Å². The molecule has 3 saturated heterocycles. The molecule has 5 aromatic carbocycles. The first-order valence-corrected chi connectivity index (χ1v) is 23.5. The van der Waals surface area contributed by atoms with Crippen LogP contribution in [0.1, 0.15) is 52.9 Å². The molecule has 0 radical (unpaired) electrons. The molecule has 68 heavy (non-hydrogen) atoms. The van der Waals surface area contributed by atoms with Crippen LogP contribution in [0, 0.1) is 0 Å². The van der Waals surface area contributed by atoms with Gasteiger partial charge in [0.15, 0.2) is 18.4 Å². The van der Waals surface area contributed by atoms with E-state index in [1.54, 1.807) is 4.68 Å². The topological polar surface area (TPSA) is 132 Å². The number of benzene rings is 5. The summed E-state index contributed by atoms with van der Waals surface area (Å²) in [5, 5.41) is 8.97. The Balaban J connectivity index is 0.997. The molecule has 0 spiro atoms. The van der Waals surface area contributed by atoms with Gasteiger partial charge in [-0.15, -0.1) is 5.10 Å². The first-order valence-electron chi connectivity index (χ1n) is 23.5. The van der Waals surface area contributed by atoms with Crippen molar-refractivity contribution >= 4 is 0 Å². The lowest BCUT2D eigenvalue weighted by molar-refractivity contribution is -0.334. The average Bonchev–Trinajstić information content (AvgIpc) is 4.04. The van der Waals surface area contributed by atoms with Crippen molar-refractivity contribution < 1.29 is 52.1 Å². The minimum atomic E-state index is -1.01. The van der Waals surface area contributed by atoms with E-state index in [1.165, 1.54) is 0 Å². The molecule has 10 atom stereocenters. The van der Waals surface area contributed by atoms with E-state index in [-0.39, 0.29) is 33.0 Å². The van der Waals surface area contributed by atoms with Gasteiger partial charge < -0.3 is 52.1 Å². The zero-order valence-corrected chi connectivity index (χ0v) is 38.4. The van der Waals surface area contributed by atoms with Gasteiger partial charge in [0.25, 0.3) is 0 Å². The largest absolute Gasteiger partial charge is 0.374 e. The van der Waals surface area contributed by atoms with Crippen molar-refractivity contribution in [2.45, 2.75) is 127 Å². The molecule has 3 fully saturated rings. The van der Waals surface area contributed by atoms with Crippen LogP contribution in [0.25, 0.3) is 0 Å². The lowest BCUT2D eigenvalue weighted by Gasteiger charge is -2.46. The fourth-order valence-electron chi connectivity index (χ4n) is 9.17. The lowest BCUT2D eigenvalue weighted by Crippen LogP contribution is -2.62. The van der Waals surface area contributed by atoms with Gasteiger partial charge in [-0.25, -0.2) is 4.68 Å². The van der Waals surface area contributed by atoms with Crippen molar-refractivity contribution in [2.75, 3.05) is 13.2 Å². The SMILES string of the molecule is CC1(C)O[C@H]2O[C@H]([C@H]3CO[C@@H]4O[C@H](COCc5ccccc5)[C@@H](OCc5ccccc5)[C@H](OCc5ccccc5)[C@H]4OCc4cn(nn4)Cc4cccc(c4)CO3)[C@H](OCc3ccccc3)[C@H]2O1. The molecule has 0 aliphatic carbocycles. The number of rotatable bonds is 14. The summed E-state index contributed by atoms with van der Waals surface area (Å²) in [6.45, 7) is 6.05. The Morgan fingerprint density at radius 2 is 1.16 bits per heavy atom. The summed E-state index contributed by atoms with van der Waals surface area (Å²) in [4.78, 5) is 0. The smallest absolute Gasteiger partial charge is 0.190 e. The molecule has 0 unspecified atom stereocenters. The second kappa shape index (κ2) is 22.0. The van der Waals surface area contributed by atoms with Crippen LogP contribution in [-0.4, -0.2) is 95.4 Å². The molecule has 5 heterocycles. The number of hydrogen-bond acceptors (Lipinski definition) is 13. The number of nitrogens with zero attached hydrogens (tertiary/aromatic N) is 3. The summed E-state index contributed by atoms with van der Waals surface area (Å²) in [7, 11) is 0. The Morgan fingerprint density at radius 3 is 1.82 bits per heavy atom. The molecule has 6 aromatic rings. The van der Waals surface area contributed by atoms with Gasteiger partial charge in [0, 0.05) is 0 Å². The van der Waals surface area contributed by atoms with Crippen LogP contribution in [0.2, 0.25) is 0 Å². The number of fused-ring (bicyclic) bond motifs is 6. The van der Waals surface area contributed by atoms with Crippen molar-refractivity contribution in [1.29, 1.82) is 0 Å². The summed E-state index contributed by atoms with van der Waals surface area (Å²) in [6.07, 6.45) is -5.16. The zero-order valence-electron chi connectivity index (χ0n) is 38.4. The first kappa shape index (κ1) is 46.5. The van der Waals surface area contributed by atoms with Crippen LogP contribution in [0.4, 0.5) is 0 Å². The fraction of sp³-hybridized carbons (Fsp3) is 0.407. The molecule has 14 heteroatoms. The van der Waals surface area contributed by atoms with E-state index < -0.39 is 67.2 Å². The van der Waals surface area contributed by atoms with Crippen LogP contribution >= 0.6 is 0 Å². The van der Waals surface area contributed by atoms with E-state index in [4.69, 9.17) is 52.1 Å². The number of hydrogen-bond donors (Lipinski definition) is 0. The molecule has 0 amide bonds. The molecule has 10 rings (SSSR count). The Labute approximate surface area is 397 Å².